The smallest absolute Gasteiger partial charge is 0.246 e. The van der Waals surface area contributed by atoms with E-state index in [1.807, 2.05) is 37.1 Å². The van der Waals surface area contributed by atoms with Crippen molar-refractivity contribution >= 4 is 33.6 Å². The number of rotatable bonds is 3. The van der Waals surface area contributed by atoms with Crippen molar-refractivity contribution in [2.45, 2.75) is 71.8 Å². The van der Waals surface area contributed by atoms with Crippen LogP contribution in [0, 0.1) is 41.4 Å². The first kappa shape index (κ1) is 23.1. The summed E-state index contributed by atoms with van der Waals surface area (Å²) in [5.74, 6) is 3.30. The summed E-state index contributed by atoms with van der Waals surface area (Å²) >= 11 is 3.47. The van der Waals surface area contributed by atoms with Gasteiger partial charge in [-0.05, 0) is 109 Å². The SMILES string of the molecule is Cc1nc(NC(=O)C[C@H]2CC[C@H]3[C@@H]4CC[C@H]5N(C)C(=O)C=C[C@]5(C)[C@H]4CC[C@]23C)ccc1Br. The highest BCUT2D eigenvalue weighted by molar-refractivity contribution is 9.10. The molecule has 0 bridgehead atoms. The molecule has 1 aromatic heterocycles. The lowest BCUT2D eigenvalue weighted by Gasteiger charge is -2.60. The van der Waals surface area contributed by atoms with E-state index in [0.717, 1.165) is 23.0 Å². The van der Waals surface area contributed by atoms with E-state index in [2.05, 4.69) is 46.2 Å². The molecule has 0 unspecified atom stereocenters. The van der Waals surface area contributed by atoms with Crippen LogP contribution in [-0.4, -0.2) is 34.8 Å². The third kappa shape index (κ3) is 3.67. The molecule has 5 nitrogen and oxygen atoms in total. The van der Waals surface area contributed by atoms with Gasteiger partial charge in [-0.15, -0.1) is 0 Å². The Morgan fingerprint density at radius 2 is 1.97 bits per heavy atom. The van der Waals surface area contributed by atoms with E-state index in [1.165, 1.54) is 25.7 Å². The average molecular weight is 515 g/mol. The van der Waals surface area contributed by atoms with Gasteiger partial charge in [0.1, 0.15) is 5.82 Å². The summed E-state index contributed by atoms with van der Waals surface area (Å²) in [5, 5.41) is 3.04. The van der Waals surface area contributed by atoms with Crippen molar-refractivity contribution in [1.82, 2.24) is 9.88 Å². The molecule has 3 aliphatic carbocycles. The first-order valence-corrected chi connectivity index (χ1v) is 13.3. The van der Waals surface area contributed by atoms with Crippen molar-refractivity contribution in [3.8, 4) is 0 Å². The quantitative estimate of drug-likeness (QED) is 0.560. The maximum atomic E-state index is 13.0. The van der Waals surface area contributed by atoms with Crippen molar-refractivity contribution in [1.29, 1.82) is 0 Å². The second-order valence-corrected chi connectivity index (χ2v) is 12.3. The van der Waals surface area contributed by atoms with Crippen LogP contribution in [0.2, 0.25) is 0 Å². The number of aryl methyl sites for hydroxylation is 1. The van der Waals surface area contributed by atoms with Crippen LogP contribution in [0.1, 0.15) is 64.5 Å². The summed E-state index contributed by atoms with van der Waals surface area (Å²) in [4.78, 5) is 31.7. The van der Waals surface area contributed by atoms with Gasteiger partial charge in [-0.3, -0.25) is 9.59 Å². The Bertz CT molecular complexity index is 1010. The zero-order valence-electron chi connectivity index (χ0n) is 20.2. The maximum absolute atomic E-state index is 13.0. The van der Waals surface area contributed by atoms with Crippen molar-refractivity contribution in [3.05, 3.63) is 34.5 Å². The number of amides is 2. The summed E-state index contributed by atoms with van der Waals surface area (Å²) in [7, 11) is 1.98. The number of likely N-dealkylation sites (N-methyl/N-ethyl adjacent to an activating group) is 1. The van der Waals surface area contributed by atoms with E-state index in [9.17, 15) is 9.59 Å². The Kier molecular flexibility index (Phi) is 5.74. The number of carbonyl (C=O) groups is 2. The number of carbonyl (C=O) groups excluding carboxylic acids is 2. The van der Waals surface area contributed by atoms with Crippen molar-refractivity contribution in [2.24, 2.45) is 34.5 Å². The van der Waals surface area contributed by atoms with Crippen molar-refractivity contribution in [3.63, 3.8) is 0 Å². The van der Waals surface area contributed by atoms with Crippen LogP contribution in [0.25, 0.3) is 0 Å². The third-order valence-corrected chi connectivity index (χ3v) is 10.9. The Balaban J connectivity index is 1.30. The highest BCUT2D eigenvalue weighted by Crippen LogP contribution is 2.65. The lowest BCUT2D eigenvalue weighted by Crippen LogP contribution is -2.59. The minimum Gasteiger partial charge on any atom is -0.338 e. The zero-order valence-corrected chi connectivity index (χ0v) is 21.8. The monoisotopic (exact) mass is 513 g/mol. The van der Waals surface area contributed by atoms with E-state index in [4.69, 9.17) is 0 Å². The summed E-state index contributed by atoms with van der Waals surface area (Å²) in [5.41, 5.74) is 1.19. The number of aromatic nitrogens is 1. The fourth-order valence-corrected chi connectivity index (χ4v) is 8.43. The molecule has 0 spiro atoms. The highest BCUT2D eigenvalue weighted by atomic mass is 79.9. The molecule has 5 rings (SSSR count). The molecule has 6 heteroatoms. The van der Waals surface area contributed by atoms with E-state index in [0.29, 0.717) is 42.0 Å². The summed E-state index contributed by atoms with van der Waals surface area (Å²) < 4.78 is 0.954. The topological polar surface area (TPSA) is 62.3 Å². The minimum absolute atomic E-state index is 0.0769. The zero-order chi connectivity index (χ0) is 23.5. The van der Waals surface area contributed by atoms with Crippen LogP contribution in [0.15, 0.2) is 28.8 Å². The van der Waals surface area contributed by atoms with Crippen LogP contribution < -0.4 is 5.32 Å². The molecule has 3 fully saturated rings. The first-order valence-electron chi connectivity index (χ1n) is 12.5. The predicted octanol–water partition coefficient (Wildman–Crippen LogP) is 5.74. The maximum Gasteiger partial charge on any atom is 0.246 e. The van der Waals surface area contributed by atoms with Crippen LogP contribution in [0.5, 0.6) is 0 Å². The number of pyridine rings is 1. The minimum atomic E-state index is 0.0769. The number of hydrogen-bond donors (Lipinski definition) is 1. The molecule has 0 aromatic carbocycles. The molecule has 2 amide bonds. The Morgan fingerprint density at radius 1 is 1.18 bits per heavy atom. The van der Waals surface area contributed by atoms with Gasteiger partial charge in [0.15, 0.2) is 0 Å². The first-order chi connectivity index (χ1) is 15.6. The number of hydrogen-bond acceptors (Lipinski definition) is 3. The Hall–Kier alpha value is -1.69. The Labute approximate surface area is 205 Å². The summed E-state index contributed by atoms with van der Waals surface area (Å²) in [6.07, 6.45) is 11.7. The largest absolute Gasteiger partial charge is 0.338 e. The lowest BCUT2D eigenvalue weighted by molar-refractivity contribution is -0.139. The van der Waals surface area contributed by atoms with E-state index in [-0.39, 0.29) is 22.6 Å². The van der Waals surface area contributed by atoms with Crippen molar-refractivity contribution < 1.29 is 9.59 Å². The van der Waals surface area contributed by atoms with Gasteiger partial charge in [0.25, 0.3) is 0 Å². The summed E-state index contributed by atoms with van der Waals surface area (Å²) in [6, 6.07) is 4.12. The van der Waals surface area contributed by atoms with Gasteiger partial charge in [-0.25, -0.2) is 4.98 Å². The van der Waals surface area contributed by atoms with E-state index >= 15 is 0 Å². The standard InChI is InChI=1S/C27H36BrN3O2/c1-16-21(28)8-10-23(29-16)30-24(32)15-17-5-7-19-18-6-9-22-27(3,14-12-25(33)31(22)4)20(18)11-13-26(17,19)2/h8,10,12,14,17-20,22H,5-7,9,11,13,15H2,1-4H3,(H,29,30,32)/t17-,18+,19+,20+,22-,26-,27-/m1/s1. The number of nitrogens with zero attached hydrogens (tertiary/aromatic N) is 2. The molecule has 0 saturated heterocycles. The number of nitrogens with one attached hydrogen (secondary N) is 1. The van der Waals surface area contributed by atoms with Gasteiger partial charge in [0.2, 0.25) is 11.8 Å². The molecule has 178 valence electrons. The van der Waals surface area contributed by atoms with Gasteiger partial charge < -0.3 is 10.2 Å². The molecule has 0 radical (unpaired) electrons. The van der Waals surface area contributed by atoms with Gasteiger partial charge in [-0.1, -0.05) is 19.9 Å². The number of fused-ring (bicyclic) bond motifs is 5. The molecule has 3 saturated carbocycles. The molecule has 7 atom stereocenters. The van der Waals surface area contributed by atoms with E-state index in [1.54, 1.807) is 0 Å². The fourth-order valence-electron chi connectivity index (χ4n) is 8.21. The van der Waals surface area contributed by atoms with Gasteiger partial charge in [0, 0.05) is 29.4 Å². The third-order valence-electron chi connectivity index (χ3n) is 10.0. The van der Waals surface area contributed by atoms with Gasteiger partial charge in [-0.2, -0.15) is 0 Å². The summed E-state index contributed by atoms with van der Waals surface area (Å²) in [6.45, 7) is 6.79. The molecular formula is C27H36BrN3O2. The average Bonchev–Trinajstić information content (AvgIpc) is 3.10. The van der Waals surface area contributed by atoms with Crippen LogP contribution in [0.4, 0.5) is 5.82 Å². The lowest BCUT2D eigenvalue weighted by atomic mass is 9.47. The fraction of sp³-hybridized carbons (Fsp3) is 0.667. The van der Waals surface area contributed by atoms with E-state index < -0.39 is 0 Å². The number of halogens is 1. The molecular weight excluding hydrogens is 478 g/mol. The van der Waals surface area contributed by atoms with Crippen molar-refractivity contribution in [2.75, 3.05) is 12.4 Å². The molecule has 2 heterocycles. The van der Waals surface area contributed by atoms with Gasteiger partial charge in [0.05, 0.1) is 5.69 Å². The normalized spacial score (nSPS) is 39.6. The molecule has 4 aliphatic rings. The molecule has 1 N–H and O–H groups in total. The highest BCUT2D eigenvalue weighted by Gasteiger charge is 2.60. The second kappa shape index (κ2) is 8.21. The molecule has 33 heavy (non-hydrogen) atoms. The van der Waals surface area contributed by atoms with Gasteiger partial charge >= 0.3 is 0 Å². The predicted molar refractivity (Wildman–Crippen MR) is 133 cm³/mol. The second-order valence-electron chi connectivity index (χ2n) is 11.5. The molecule has 1 aliphatic heterocycles. The van der Waals surface area contributed by atoms with Crippen LogP contribution in [0.3, 0.4) is 0 Å². The van der Waals surface area contributed by atoms with Crippen LogP contribution >= 0.6 is 15.9 Å². The molecule has 1 aromatic rings. The number of anilines is 1. The Morgan fingerprint density at radius 3 is 2.73 bits per heavy atom. The van der Waals surface area contributed by atoms with Crippen LogP contribution in [-0.2, 0) is 9.59 Å².